The molecular formula is C19H23NO7. The molecule has 8 heteroatoms. The van der Waals surface area contributed by atoms with E-state index < -0.39 is 23.3 Å². The molecule has 1 atom stereocenters. The largest absolute Gasteiger partial charge is 0.465 e. The van der Waals surface area contributed by atoms with Crippen LogP contribution in [0.1, 0.15) is 37.7 Å². The van der Waals surface area contributed by atoms with Crippen molar-refractivity contribution in [3.05, 3.63) is 47.5 Å². The molecule has 0 saturated heterocycles. The first-order valence-corrected chi connectivity index (χ1v) is 8.58. The lowest BCUT2D eigenvalue weighted by atomic mass is 9.99. The second-order valence-corrected chi connectivity index (χ2v) is 5.98. The van der Waals surface area contributed by atoms with Gasteiger partial charge >= 0.3 is 17.7 Å². The number of benzene rings is 1. The van der Waals surface area contributed by atoms with Crippen LogP contribution in [0.25, 0.3) is 0 Å². The molecule has 146 valence electrons. The SMILES string of the molecule is COC(=O)C(=CC(OO)(ON=C1CCCCC1)c1ccccc1)C(=O)OC. The fraction of sp³-hybridized carbons (Fsp3) is 0.421. The summed E-state index contributed by atoms with van der Waals surface area (Å²) in [6.45, 7) is 0. The molecule has 1 aliphatic carbocycles. The average Bonchev–Trinajstić information content (AvgIpc) is 2.74. The highest BCUT2D eigenvalue weighted by Crippen LogP contribution is 2.31. The highest BCUT2D eigenvalue weighted by molar-refractivity contribution is 6.14. The van der Waals surface area contributed by atoms with Gasteiger partial charge in [-0.15, -0.1) is 0 Å². The molecule has 1 unspecified atom stereocenters. The van der Waals surface area contributed by atoms with Gasteiger partial charge in [-0.3, -0.25) is 0 Å². The van der Waals surface area contributed by atoms with Crippen LogP contribution >= 0.6 is 0 Å². The molecule has 0 heterocycles. The lowest BCUT2D eigenvalue weighted by Crippen LogP contribution is -2.32. The van der Waals surface area contributed by atoms with Crippen molar-refractivity contribution in [2.24, 2.45) is 5.16 Å². The third-order valence-corrected chi connectivity index (χ3v) is 4.20. The maximum absolute atomic E-state index is 12.0. The monoisotopic (exact) mass is 377 g/mol. The van der Waals surface area contributed by atoms with E-state index in [1.807, 2.05) is 0 Å². The third kappa shape index (κ3) is 5.15. The Hall–Kier alpha value is -2.71. The number of nitrogens with zero attached hydrogens (tertiary/aromatic N) is 1. The van der Waals surface area contributed by atoms with Crippen LogP contribution in [-0.4, -0.2) is 37.1 Å². The van der Waals surface area contributed by atoms with Crippen molar-refractivity contribution in [3.63, 3.8) is 0 Å². The number of rotatable bonds is 7. The summed E-state index contributed by atoms with van der Waals surface area (Å²) in [7, 11) is 2.23. The molecule has 27 heavy (non-hydrogen) atoms. The van der Waals surface area contributed by atoms with Crippen molar-refractivity contribution < 1.29 is 34.0 Å². The van der Waals surface area contributed by atoms with E-state index in [1.54, 1.807) is 30.3 Å². The molecule has 1 aliphatic rings. The first kappa shape index (κ1) is 20.6. The zero-order valence-electron chi connectivity index (χ0n) is 15.3. The van der Waals surface area contributed by atoms with Crippen LogP contribution in [0.15, 0.2) is 47.1 Å². The maximum atomic E-state index is 12.0. The fourth-order valence-corrected chi connectivity index (χ4v) is 2.72. The minimum atomic E-state index is -2.02. The number of carbonyl (C=O) groups is 2. The second-order valence-electron chi connectivity index (χ2n) is 5.98. The number of hydrogen-bond acceptors (Lipinski definition) is 8. The molecule has 1 aromatic rings. The van der Waals surface area contributed by atoms with Crippen molar-refractivity contribution in [1.29, 1.82) is 0 Å². The van der Waals surface area contributed by atoms with Crippen LogP contribution < -0.4 is 0 Å². The van der Waals surface area contributed by atoms with Crippen LogP contribution in [0.2, 0.25) is 0 Å². The Morgan fingerprint density at radius 2 is 1.63 bits per heavy atom. The zero-order chi connectivity index (χ0) is 19.7. The van der Waals surface area contributed by atoms with Crippen molar-refractivity contribution in [2.75, 3.05) is 14.2 Å². The minimum Gasteiger partial charge on any atom is -0.465 e. The van der Waals surface area contributed by atoms with E-state index in [0.717, 1.165) is 58.1 Å². The Morgan fingerprint density at radius 3 is 2.15 bits per heavy atom. The predicted octanol–water partition coefficient (Wildman–Crippen LogP) is 2.94. The van der Waals surface area contributed by atoms with Gasteiger partial charge in [-0.25, -0.2) is 14.8 Å². The van der Waals surface area contributed by atoms with Gasteiger partial charge in [0.2, 0.25) is 0 Å². The normalized spacial score (nSPS) is 15.9. The molecule has 1 N–H and O–H groups in total. The van der Waals surface area contributed by atoms with Gasteiger partial charge in [-0.1, -0.05) is 41.9 Å². The standard InChI is InChI=1S/C19H23NO7/c1-24-17(21)16(18(22)25-2)13-19(27-23,14-9-5-3-6-10-14)26-20-15-11-7-4-8-12-15/h3,5-6,9-10,13,23H,4,7-8,11-12H2,1-2H3. The molecule has 1 saturated carbocycles. The summed E-state index contributed by atoms with van der Waals surface area (Å²) in [5.74, 6) is -3.95. The third-order valence-electron chi connectivity index (χ3n) is 4.20. The first-order chi connectivity index (χ1) is 13.1. The van der Waals surface area contributed by atoms with Crippen LogP contribution in [0.5, 0.6) is 0 Å². The van der Waals surface area contributed by atoms with Crippen molar-refractivity contribution in [1.82, 2.24) is 0 Å². The molecule has 0 spiro atoms. The second kappa shape index (κ2) is 9.84. The van der Waals surface area contributed by atoms with E-state index >= 15 is 0 Å². The summed E-state index contributed by atoms with van der Waals surface area (Å²) < 4.78 is 9.24. The number of carbonyl (C=O) groups excluding carboxylic acids is 2. The summed E-state index contributed by atoms with van der Waals surface area (Å²) in [4.78, 5) is 34.2. The number of ether oxygens (including phenoxy) is 2. The van der Waals surface area contributed by atoms with Gasteiger partial charge in [0.1, 0.15) is 5.57 Å². The molecule has 1 aromatic carbocycles. The Balaban J connectivity index is 2.51. The van der Waals surface area contributed by atoms with Gasteiger partial charge in [-0.05, 0) is 25.7 Å². The van der Waals surface area contributed by atoms with Crippen molar-refractivity contribution in [2.45, 2.75) is 37.9 Å². The smallest absolute Gasteiger partial charge is 0.345 e. The number of hydrogen-bond donors (Lipinski definition) is 1. The number of oxime groups is 1. The zero-order valence-corrected chi connectivity index (χ0v) is 15.3. The van der Waals surface area contributed by atoms with E-state index in [1.165, 1.54) is 0 Å². The Bertz CT molecular complexity index is 688. The summed E-state index contributed by atoms with van der Waals surface area (Å²) in [5.41, 5.74) is 0.629. The first-order valence-electron chi connectivity index (χ1n) is 8.58. The Labute approximate surface area is 157 Å². The average molecular weight is 377 g/mol. The molecular weight excluding hydrogens is 354 g/mol. The lowest BCUT2D eigenvalue weighted by Gasteiger charge is -2.26. The molecule has 0 aliphatic heterocycles. The van der Waals surface area contributed by atoms with Crippen LogP contribution in [0.4, 0.5) is 0 Å². The summed E-state index contributed by atoms with van der Waals surface area (Å²) >= 11 is 0. The number of esters is 2. The summed E-state index contributed by atoms with van der Waals surface area (Å²) in [5, 5.41) is 13.8. The van der Waals surface area contributed by atoms with Crippen molar-refractivity contribution >= 4 is 17.7 Å². The van der Waals surface area contributed by atoms with E-state index in [4.69, 9.17) is 4.84 Å². The Kier molecular flexibility index (Phi) is 7.51. The van der Waals surface area contributed by atoms with E-state index in [9.17, 15) is 14.8 Å². The van der Waals surface area contributed by atoms with Crippen LogP contribution in [-0.2, 0) is 34.6 Å². The summed E-state index contributed by atoms with van der Waals surface area (Å²) in [6.07, 6.45) is 5.63. The van der Waals surface area contributed by atoms with Gasteiger partial charge in [0.15, 0.2) is 0 Å². The molecule has 0 bridgehead atoms. The fourth-order valence-electron chi connectivity index (χ4n) is 2.72. The number of methoxy groups -OCH3 is 2. The minimum absolute atomic E-state index is 0.318. The quantitative estimate of drug-likeness (QED) is 0.148. The highest BCUT2D eigenvalue weighted by atomic mass is 17.2. The van der Waals surface area contributed by atoms with Gasteiger partial charge in [-0.2, -0.15) is 4.89 Å². The van der Waals surface area contributed by atoms with Gasteiger partial charge in [0.25, 0.3) is 0 Å². The molecule has 0 radical (unpaired) electrons. The lowest BCUT2D eigenvalue weighted by molar-refractivity contribution is -0.393. The van der Waals surface area contributed by atoms with Gasteiger partial charge < -0.3 is 14.3 Å². The molecule has 8 nitrogen and oxygen atoms in total. The molecule has 1 fully saturated rings. The maximum Gasteiger partial charge on any atom is 0.345 e. The van der Waals surface area contributed by atoms with Gasteiger partial charge in [0, 0.05) is 11.6 Å². The molecule has 0 amide bonds. The van der Waals surface area contributed by atoms with E-state index in [0.29, 0.717) is 5.56 Å². The summed E-state index contributed by atoms with van der Waals surface area (Å²) in [6, 6.07) is 8.32. The van der Waals surface area contributed by atoms with E-state index in [-0.39, 0.29) is 0 Å². The van der Waals surface area contributed by atoms with Gasteiger partial charge in [0.05, 0.1) is 19.9 Å². The van der Waals surface area contributed by atoms with Crippen LogP contribution in [0, 0.1) is 0 Å². The van der Waals surface area contributed by atoms with Crippen LogP contribution in [0.3, 0.4) is 0 Å². The highest BCUT2D eigenvalue weighted by Gasteiger charge is 2.39. The molecule has 2 rings (SSSR count). The van der Waals surface area contributed by atoms with Crippen molar-refractivity contribution in [3.8, 4) is 0 Å². The molecule has 0 aromatic heterocycles. The Morgan fingerprint density at radius 1 is 1.04 bits per heavy atom. The topological polar surface area (TPSA) is 104 Å². The predicted molar refractivity (Wildman–Crippen MR) is 95.6 cm³/mol. The van der Waals surface area contributed by atoms with E-state index in [2.05, 4.69) is 19.5 Å².